The van der Waals surface area contributed by atoms with Crippen LogP contribution >= 0.6 is 0 Å². The second-order valence-electron chi connectivity index (χ2n) is 13.9. The Morgan fingerprint density at radius 1 is 0.702 bits per heavy atom. The van der Waals surface area contributed by atoms with Crippen LogP contribution in [0.15, 0.2) is 72.9 Å². The van der Waals surface area contributed by atoms with Crippen molar-refractivity contribution in [2.45, 2.75) is 98.6 Å². The molecule has 0 saturated carbocycles. The summed E-state index contributed by atoms with van der Waals surface area (Å²) in [7, 11) is 0. The van der Waals surface area contributed by atoms with E-state index in [0.29, 0.717) is 16.4 Å². The lowest BCUT2D eigenvalue weighted by molar-refractivity contribution is -0.137. The van der Waals surface area contributed by atoms with E-state index in [1.54, 1.807) is 6.07 Å². The molecule has 0 radical (unpaired) electrons. The molecule has 47 heavy (non-hydrogen) atoms. The maximum absolute atomic E-state index is 13.9. The lowest BCUT2D eigenvalue weighted by Crippen LogP contribution is -2.06. The zero-order valence-electron chi connectivity index (χ0n) is 28.6. The number of nitrogens with zero attached hydrogens (tertiary/aromatic N) is 2. The molecule has 0 unspecified atom stereocenters. The Morgan fingerprint density at radius 2 is 1.36 bits per heavy atom. The Morgan fingerprint density at radius 3 is 1.98 bits per heavy atom. The minimum absolute atomic E-state index is 0.232. The van der Waals surface area contributed by atoms with Crippen molar-refractivity contribution in [3.05, 3.63) is 106 Å². The van der Waals surface area contributed by atoms with Crippen LogP contribution in [0.4, 0.5) is 13.2 Å². The molecular formula is C42H45F3N2. The molecule has 0 aliphatic carbocycles. The minimum atomic E-state index is -4.43. The molecule has 0 spiro atoms. The van der Waals surface area contributed by atoms with Crippen LogP contribution in [0.25, 0.3) is 49.7 Å². The second kappa shape index (κ2) is 12.8. The smallest absolute Gasteiger partial charge is 0.292 e. The molecule has 0 atom stereocenters. The van der Waals surface area contributed by atoms with Crippen LogP contribution in [0.3, 0.4) is 0 Å². The summed E-state index contributed by atoms with van der Waals surface area (Å²) < 4.78 is 43.8. The van der Waals surface area contributed by atoms with Gasteiger partial charge in [-0.05, 0) is 107 Å². The fourth-order valence-electron chi connectivity index (χ4n) is 6.98. The number of rotatable bonds is 9. The first kappa shape index (κ1) is 32.8. The van der Waals surface area contributed by atoms with Gasteiger partial charge in [-0.3, -0.25) is 4.40 Å². The van der Waals surface area contributed by atoms with Crippen molar-refractivity contribution in [1.82, 2.24) is 9.38 Å². The van der Waals surface area contributed by atoms with Gasteiger partial charge in [-0.1, -0.05) is 96.3 Å². The topological polar surface area (TPSA) is 17.3 Å². The van der Waals surface area contributed by atoms with Crippen molar-refractivity contribution in [2.24, 2.45) is 0 Å². The van der Waals surface area contributed by atoms with Gasteiger partial charge in [0.2, 0.25) is 0 Å². The highest BCUT2D eigenvalue weighted by atomic mass is 19.4. The summed E-state index contributed by atoms with van der Waals surface area (Å²) in [6.07, 6.45) is 3.64. The maximum Gasteiger partial charge on any atom is 0.416 e. The van der Waals surface area contributed by atoms with E-state index in [0.717, 1.165) is 39.7 Å². The molecule has 0 aliphatic rings. The predicted octanol–water partition coefficient (Wildman–Crippen LogP) is 13.0. The first-order chi connectivity index (χ1) is 22.4. The summed E-state index contributed by atoms with van der Waals surface area (Å²) in [5.74, 6) is 0.465. The maximum atomic E-state index is 13.9. The van der Waals surface area contributed by atoms with Crippen LogP contribution in [-0.2, 0) is 12.6 Å². The summed E-state index contributed by atoms with van der Waals surface area (Å²) in [6, 6.07) is 21.9. The van der Waals surface area contributed by atoms with Gasteiger partial charge in [-0.15, -0.1) is 0 Å². The number of unbranched alkanes of at least 4 members (excludes halogenated alkanes) is 3. The van der Waals surface area contributed by atoms with E-state index in [1.165, 1.54) is 65.6 Å². The molecule has 0 amide bonds. The third-order valence-electron chi connectivity index (χ3n) is 9.80. The van der Waals surface area contributed by atoms with Crippen molar-refractivity contribution >= 4 is 27.3 Å². The Balaban J connectivity index is 1.58. The summed E-state index contributed by atoms with van der Waals surface area (Å²) in [4.78, 5) is 4.93. The van der Waals surface area contributed by atoms with Crippen molar-refractivity contribution in [2.75, 3.05) is 0 Å². The van der Waals surface area contributed by atoms with Crippen LogP contribution in [0.2, 0.25) is 0 Å². The van der Waals surface area contributed by atoms with Gasteiger partial charge in [0, 0.05) is 16.3 Å². The number of aryl methyl sites for hydroxylation is 3. The number of halogens is 3. The SMILES string of the molecule is CCCCCCc1ccc(-c2cc(C(C)C)c(-c3cnc4c5ccc(C(F)(F)F)cc5c5cc(C)c(C)cc5n34)c(C(C)C)c2)cc1. The lowest BCUT2D eigenvalue weighted by atomic mass is 9.84. The van der Waals surface area contributed by atoms with Crippen LogP contribution in [-0.4, -0.2) is 9.38 Å². The van der Waals surface area contributed by atoms with Gasteiger partial charge in [0.25, 0.3) is 0 Å². The van der Waals surface area contributed by atoms with Gasteiger partial charge >= 0.3 is 6.18 Å². The normalized spacial score (nSPS) is 12.4. The van der Waals surface area contributed by atoms with E-state index >= 15 is 0 Å². The quantitative estimate of drug-likeness (QED) is 0.114. The molecule has 0 bridgehead atoms. The van der Waals surface area contributed by atoms with E-state index < -0.39 is 11.7 Å². The number of fused-ring (bicyclic) bond motifs is 6. The molecule has 0 fully saturated rings. The van der Waals surface area contributed by atoms with Gasteiger partial charge in [-0.2, -0.15) is 13.2 Å². The van der Waals surface area contributed by atoms with Gasteiger partial charge in [0.05, 0.1) is 23.0 Å². The van der Waals surface area contributed by atoms with Crippen molar-refractivity contribution in [3.8, 4) is 22.4 Å². The summed E-state index contributed by atoms with van der Waals surface area (Å²) >= 11 is 0. The van der Waals surface area contributed by atoms with Crippen molar-refractivity contribution in [3.63, 3.8) is 0 Å². The largest absolute Gasteiger partial charge is 0.416 e. The monoisotopic (exact) mass is 634 g/mol. The van der Waals surface area contributed by atoms with Crippen LogP contribution < -0.4 is 0 Å². The van der Waals surface area contributed by atoms with E-state index in [4.69, 9.17) is 4.98 Å². The Labute approximate surface area is 276 Å². The Kier molecular flexibility index (Phi) is 8.95. The van der Waals surface area contributed by atoms with Gasteiger partial charge in [0.1, 0.15) is 5.65 Å². The molecule has 2 nitrogen and oxygen atoms in total. The molecule has 6 rings (SSSR count). The van der Waals surface area contributed by atoms with Crippen molar-refractivity contribution < 1.29 is 13.2 Å². The fourth-order valence-corrected chi connectivity index (χ4v) is 6.98. The first-order valence-corrected chi connectivity index (χ1v) is 17.1. The van der Waals surface area contributed by atoms with Gasteiger partial charge in [0.15, 0.2) is 0 Å². The molecule has 2 heterocycles. The predicted molar refractivity (Wildman–Crippen MR) is 192 cm³/mol. The number of hydrogen-bond acceptors (Lipinski definition) is 1. The van der Waals surface area contributed by atoms with E-state index in [9.17, 15) is 13.2 Å². The summed E-state index contributed by atoms with van der Waals surface area (Å²) in [5.41, 5.74) is 11.4. The molecule has 0 N–H and O–H groups in total. The summed E-state index contributed by atoms with van der Waals surface area (Å²) in [5, 5.41) is 2.08. The molecular weight excluding hydrogens is 589 g/mol. The highest BCUT2D eigenvalue weighted by Crippen LogP contribution is 2.43. The fraction of sp³-hybridized carbons (Fsp3) is 0.357. The summed E-state index contributed by atoms with van der Waals surface area (Å²) in [6.45, 7) is 15.2. The van der Waals surface area contributed by atoms with Crippen LogP contribution in [0.5, 0.6) is 0 Å². The molecule has 244 valence electrons. The zero-order valence-corrected chi connectivity index (χ0v) is 28.6. The molecule has 2 aromatic heterocycles. The Bertz CT molecular complexity index is 2050. The number of pyridine rings is 1. The first-order valence-electron chi connectivity index (χ1n) is 17.1. The highest BCUT2D eigenvalue weighted by Gasteiger charge is 2.31. The molecule has 0 aliphatic heterocycles. The minimum Gasteiger partial charge on any atom is -0.292 e. The zero-order chi connectivity index (χ0) is 33.6. The Hall–Kier alpha value is -4.12. The second-order valence-corrected chi connectivity index (χ2v) is 13.9. The number of alkyl halides is 3. The number of benzene rings is 4. The number of aromatic nitrogens is 2. The standard InChI is InChI=1S/C42H45F3N2/c1-8-9-10-11-12-29-13-15-30(16-14-29)31-21-34(25(2)3)40(35(22-31)26(4)5)39-24-46-41-33-18-17-32(42(43,44)45)23-36(33)37-19-27(6)28(7)20-38(37)47(39)41/h13-26H,8-12H2,1-7H3. The molecule has 5 heteroatoms. The average Bonchev–Trinajstić information content (AvgIpc) is 3.48. The average molecular weight is 635 g/mol. The van der Waals surface area contributed by atoms with E-state index in [1.807, 2.05) is 19.2 Å². The number of imidazole rings is 1. The van der Waals surface area contributed by atoms with E-state index in [2.05, 4.69) is 88.4 Å². The molecule has 4 aromatic carbocycles. The third kappa shape index (κ3) is 6.17. The van der Waals surface area contributed by atoms with Crippen LogP contribution in [0, 0.1) is 13.8 Å². The lowest BCUT2D eigenvalue weighted by Gasteiger charge is -2.23. The third-order valence-corrected chi connectivity index (χ3v) is 9.80. The van der Waals surface area contributed by atoms with Crippen LogP contribution in [0.1, 0.15) is 106 Å². The number of hydrogen-bond donors (Lipinski definition) is 0. The van der Waals surface area contributed by atoms with E-state index in [-0.39, 0.29) is 11.8 Å². The van der Waals surface area contributed by atoms with Crippen molar-refractivity contribution in [1.29, 1.82) is 0 Å². The molecule has 6 aromatic rings. The molecule has 0 saturated heterocycles. The highest BCUT2D eigenvalue weighted by molar-refractivity contribution is 6.13. The van der Waals surface area contributed by atoms with Gasteiger partial charge in [-0.25, -0.2) is 4.98 Å². The van der Waals surface area contributed by atoms with Gasteiger partial charge < -0.3 is 0 Å².